The molecule has 2 aromatic rings. The topological polar surface area (TPSA) is 142 Å². The number of furan rings is 1. The molecule has 0 unspecified atom stereocenters. The molecule has 0 bridgehead atoms. The van der Waals surface area contributed by atoms with E-state index in [1.165, 1.54) is 13.2 Å². The molecule has 1 aromatic heterocycles. The first-order chi connectivity index (χ1) is 10.5. The minimum Gasteiger partial charge on any atom is -0.463 e. The van der Waals surface area contributed by atoms with E-state index >= 15 is 0 Å². The fourth-order valence-corrected chi connectivity index (χ4v) is 1.75. The lowest BCUT2D eigenvalue weighted by atomic mass is 10.1. The summed E-state index contributed by atoms with van der Waals surface area (Å²) in [6.45, 7) is 0. The summed E-state index contributed by atoms with van der Waals surface area (Å²) in [7, 11) is 1.28. The fraction of sp³-hybridized carbons (Fsp3) is 0.0714. The van der Waals surface area contributed by atoms with E-state index in [4.69, 9.17) is 21.6 Å². The van der Waals surface area contributed by atoms with Gasteiger partial charge in [0.1, 0.15) is 5.76 Å². The number of hydrogen-bond acceptors (Lipinski definition) is 4. The Morgan fingerprint density at radius 2 is 1.86 bits per heavy atom. The Labute approximate surface area is 126 Å². The van der Waals surface area contributed by atoms with Crippen LogP contribution in [0.4, 0.5) is 5.69 Å². The van der Waals surface area contributed by atoms with Crippen LogP contribution in [-0.2, 0) is 4.74 Å². The molecular weight excluding hydrogens is 286 g/mol. The number of carbonyl (C=O) groups excluding carboxylic acids is 1. The highest BCUT2D eigenvalue weighted by atomic mass is 16.5. The molecular formula is C14H15N5O3. The molecule has 0 atom stereocenters. The highest BCUT2D eigenvalue weighted by Crippen LogP contribution is 2.31. The van der Waals surface area contributed by atoms with Crippen LogP contribution in [0.15, 0.2) is 50.8 Å². The first kappa shape index (κ1) is 15.1. The number of hydrogen-bond donors (Lipinski definition) is 3. The van der Waals surface area contributed by atoms with E-state index in [2.05, 4.69) is 14.7 Å². The molecule has 0 aliphatic carbocycles. The van der Waals surface area contributed by atoms with Crippen molar-refractivity contribution in [1.29, 1.82) is 0 Å². The van der Waals surface area contributed by atoms with Crippen molar-refractivity contribution in [2.75, 3.05) is 7.11 Å². The van der Waals surface area contributed by atoms with Gasteiger partial charge in [0.25, 0.3) is 0 Å². The third-order valence-electron chi connectivity index (χ3n) is 2.64. The number of carbonyl (C=O) groups is 1. The largest absolute Gasteiger partial charge is 0.463 e. The number of rotatable bonds is 3. The molecule has 1 aromatic carbocycles. The van der Waals surface area contributed by atoms with Gasteiger partial charge >= 0.3 is 5.97 Å². The molecule has 0 aliphatic rings. The Morgan fingerprint density at radius 1 is 1.14 bits per heavy atom. The fourth-order valence-electron chi connectivity index (χ4n) is 1.75. The van der Waals surface area contributed by atoms with E-state index in [0.29, 0.717) is 17.0 Å². The minimum atomic E-state index is -0.563. The normalized spacial score (nSPS) is 11.0. The van der Waals surface area contributed by atoms with Crippen molar-refractivity contribution >= 4 is 23.6 Å². The van der Waals surface area contributed by atoms with Crippen molar-refractivity contribution in [3.8, 4) is 11.3 Å². The van der Waals surface area contributed by atoms with Gasteiger partial charge in [-0.2, -0.15) is 4.99 Å². The van der Waals surface area contributed by atoms with Crippen molar-refractivity contribution in [3.05, 3.63) is 42.2 Å². The zero-order chi connectivity index (χ0) is 16.1. The third kappa shape index (κ3) is 3.42. The number of guanidine groups is 2. The van der Waals surface area contributed by atoms with Gasteiger partial charge in [-0.15, -0.1) is 0 Å². The summed E-state index contributed by atoms with van der Waals surface area (Å²) < 4.78 is 10.1. The lowest BCUT2D eigenvalue weighted by molar-refractivity contribution is 0.0566. The zero-order valence-corrected chi connectivity index (χ0v) is 11.8. The van der Waals surface area contributed by atoms with Crippen LogP contribution in [0, 0.1) is 0 Å². The van der Waals surface area contributed by atoms with Gasteiger partial charge in [-0.1, -0.05) is 12.1 Å². The quantitative estimate of drug-likeness (QED) is 0.437. The van der Waals surface area contributed by atoms with E-state index in [1.807, 2.05) is 0 Å². The lowest BCUT2D eigenvalue weighted by Crippen LogP contribution is -2.26. The summed E-state index contributed by atoms with van der Waals surface area (Å²) in [6, 6.07) is 10.2. The van der Waals surface area contributed by atoms with Crippen LogP contribution >= 0.6 is 0 Å². The van der Waals surface area contributed by atoms with Crippen molar-refractivity contribution in [2.24, 2.45) is 27.2 Å². The summed E-state index contributed by atoms with van der Waals surface area (Å²) >= 11 is 0. The molecule has 1 heterocycles. The summed E-state index contributed by atoms with van der Waals surface area (Å²) in [4.78, 5) is 19.2. The Hall–Kier alpha value is -3.29. The third-order valence-corrected chi connectivity index (χ3v) is 2.64. The number of ether oxygens (including phenoxy) is 1. The second-order valence-electron chi connectivity index (χ2n) is 4.18. The molecule has 0 aliphatic heterocycles. The highest BCUT2D eigenvalue weighted by molar-refractivity contribution is 5.94. The molecule has 0 fully saturated rings. The van der Waals surface area contributed by atoms with Crippen LogP contribution in [0.25, 0.3) is 11.3 Å². The minimum absolute atomic E-state index is 0.0906. The standard InChI is InChI=1S/C14H15N5O3/c1-21-12(20)11-7-6-10(22-11)8-4-2-3-5-9(8)18-14(17)19-13(15)16/h2-7H,1H3,(H6,15,16,17,18,19). The molecule has 8 heteroatoms. The molecule has 0 amide bonds. The number of nitrogens with zero attached hydrogens (tertiary/aromatic N) is 2. The predicted molar refractivity (Wildman–Crippen MR) is 82.6 cm³/mol. The maximum absolute atomic E-state index is 11.4. The molecule has 0 radical (unpaired) electrons. The highest BCUT2D eigenvalue weighted by Gasteiger charge is 2.14. The van der Waals surface area contributed by atoms with Gasteiger partial charge in [0, 0.05) is 5.56 Å². The first-order valence-electron chi connectivity index (χ1n) is 6.22. The lowest BCUT2D eigenvalue weighted by Gasteiger charge is -2.03. The monoisotopic (exact) mass is 301 g/mol. The van der Waals surface area contributed by atoms with E-state index in [1.54, 1.807) is 30.3 Å². The van der Waals surface area contributed by atoms with Crippen molar-refractivity contribution in [2.45, 2.75) is 0 Å². The van der Waals surface area contributed by atoms with Crippen LogP contribution in [0.1, 0.15) is 10.6 Å². The van der Waals surface area contributed by atoms with Crippen LogP contribution < -0.4 is 17.2 Å². The smallest absolute Gasteiger partial charge is 0.373 e. The zero-order valence-electron chi connectivity index (χ0n) is 11.8. The van der Waals surface area contributed by atoms with Crippen LogP contribution in [0.3, 0.4) is 0 Å². The summed E-state index contributed by atoms with van der Waals surface area (Å²) in [5.41, 5.74) is 17.2. The average molecular weight is 301 g/mol. The SMILES string of the molecule is COC(=O)c1ccc(-c2ccccc2N=C(N)N=C(N)N)o1. The summed E-state index contributed by atoms with van der Waals surface area (Å²) in [5, 5.41) is 0. The van der Waals surface area contributed by atoms with Gasteiger partial charge in [-0.3, -0.25) is 0 Å². The number of para-hydroxylation sites is 1. The number of esters is 1. The van der Waals surface area contributed by atoms with Gasteiger partial charge in [0.05, 0.1) is 12.8 Å². The van der Waals surface area contributed by atoms with E-state index in [-0.39, 0.29) is 17.7 Å². The molecule has 8 nitrogen and oxygen atoms in total. The van der Waals surface area contributed by atoms with E-state index < -0.39 is 5.97 Å². The molecule has 6 N–H and O–H groups in total. The van der Waals surface area contributed by atoms with Crippen molar-refractivity contribution < 1.29 is 13.9 Å². The van der Waals surface area contributed by atoms with E-state index in [9.17, 15) is 4.79 Å². The second kappa shape index (κ2) is 6.44. The molecule has 114 valence electrons. The Morgan fingerprint density at radius 3 is 2.55 bits per heavy atom. The second-order valence-corrected chi connectivity index (χ2v) is 4.18. The maximum atomic E-state index is 11.4. The molecule has 22 heavy (non-hydrogen) atoms. The summed E-state index contributed by atoms with van der Waals surface area (Å²) in [6.07, 6.45) is 0. The average Bonchev–Trinajstić information content (AvgIpc) is 2.95. The predicted octanol–water partition coefficient (Wildman–Crippen LogP) is 0.953. The van der Waals surface area contributed by atoms with Crippen LogP contribution in [0.2, 0.25) is 0 Å². The van der Waals surface area contributed by atoms with Crippen molar-refractivity contribution in [1.82, 2.24) is 0 Å². The Balaban J connectivity index is 2.43. The Bertz CT molecular complexity index is 744. The van der Waals surface area contributed by atoms with Gasteiger partial charge < -0.3 is 26.4 Å². The Kier molecular flexibility index (Phi) is 4.42. The van der Waals surface area contributed by atoms with Crippen molar-refractivity contribution in [3.63, 3.8) is 0 Å². The number of benzene rings is 1. The first-order valence-corrected chi connectivity index (χ1v) is 6.22. The van der Waals surface area contributed by atoms with Gasteiger partial charge in [-0.05, 0) is 24.3 Å². The van der Waals surface area contributed by atoms with Crippen LogP contribution in [0.5, 0.6) is 0 Å². The van der Waals surface area contributed by atoms with Gasteiger partial charge in [0.15, 0.2) is 5.96 Å². The number of methoxy groups -OCH3 is 1. The molecule has 0 spiro atoms. The summed E-state index contributed by atoms with van der Waals surface area (Å²) in [5.74, 6) is -0.310. The number of nitrogens with two attached hydrogens (primary N) is 3. The number of aliphatic imine (C=N–C) groups is 2. The molecule has 0 saturated carbocycles. The molecule has 2 rings (SSSR count). The van der Waals surface area contributed by atoms with Gasteiger partial charge in [-0.25, -0.2) is 9.79 Å². The van der Waals surface area contributed by atoms with E-state index in [0.717, 1.165) is 0 Å². The molecule has 0 saturated heterocycles. The maximum Gasteiger partial charge on any atom is 0.373 e. The van der Waals surface area contributed by atoms with Crippen LogP contribution in [-0.4, -0.2) is 25.0 Å². The van der Waals surface area contributed by atoms with Gasteiger partial charge in [0.2, 0.25) is 11.7 Å².